The predicted molar refractivity (Wildman–Crippen MR) is 89.8 cm³/mol. The summed E-state index contributed by atoms with van der Waals surface area (Å²) >= 11 is 0. The van der Waals surface area contributed by atoms with Crippen LogP contribution in [0.15, 0.2) is 42.2 Å². The lowest BCUT2D eigenvalue weighted by Gasteiger charge is -2.15. The third-order valence-corrected chi connectivity index (χ3v) is 3.44. The molecule has 0 fully saturated rings. The number of hydrogen-bond donors (Lipinski definition) is 5. The number of aliphatic carboxylic acids is 1. The highest BCUT2D eigenvalue weighted by molar-refractivity contribution is 5.81. The average Bonchev–Trinajstić information content (AvgIpc) is 2.59. The van der Waals surface area contributed by atoms with Gasteiger partial charge in [-0.3, -0.25) is 4.79 Å². The van der Waals surface area contributed by atoms with E-state index in [0.29, 0.717) is 17.4 Å². The summed E-state index contributed by atoms with van der Waals surface area (Å²) in [4.78, 5) is 22.6. The summed E-state index contributed by atoms with van der Waals surface area (Å²) in [7, 11) is 0. The van der Waals surface area contributed by atoms with Gasteiger partial charge in [0.1, 0.15) is 0 Å². The summed E-state index contributed by atoms with van der Waals surface area (Å²) < 4.78 is 5.21. The van der Waals surface area contributed by atoms with Crippen molar-refractivity contribution < 1.29 is 39.9 Å². The Morgan fingerprint density at radius 1 is 0.962 bits per heavy atom. The molecule has 5 N–H and O–H groups in total. The molecule has 0 aliphatic heterocycles. The topological polar surface area (TPSA) is 145 Å². The Balaban J connectivity index is 2.21. The quantitative estimate of drug-likeness (QED) is 0.217. The van der Waals surface area contributed by atoms with Crippen molar-refractivity contribution >= 4 is 18.3 Å². The van der Waals surface area contributed by atoms with Crippen LogP contribution in [0.5, 0.6) is 23.0 Å². The summed E-state index contributed by atoms with van der Waals surface area (Å²) in [5.74, 6) is -3.13. The summed E-state index contributed by atoms with van der Waals surface area (Å²) in [5.41, 5.74) is 0.689. The highest BCUT2D eigenvalue weighted by Crippen LogP contribution is 2.27. The van der Waals surface area contributed by atoms with Crippen molar-refractivity contribution in [3.8, 4) is 23.0 Å². The number of rotatable bonds is 7. The lowest BCUT2D eigenvalue weighted by Crippen LogP contribution is -2.26. The van der Waals surface area contributed by atoms with Gasteiger partial charge in [0.05, 0.1) is 0 Å². The number of carbonyl (C=O) groups is 2. The molecule has 0 bridgehead atoms. The van der Waals surface area contributed by atoms with Crippen LogP contribution in [0.1, 0.15) is 11.1 Å². The molecular formula is C18H16O8. The molecule has 1 atom stereocenters. The van der Waals surface area contributed by atoms with Crippen molar-refractivity contribution in [2.24, 2.45) is 0 Å². The van der Waals surface area contributed by atoms with Crippen molar-refractivity contribution in [3.63, 3.8) is 0 Å². The molecule has 0 aliphatic rings. The number of benzene rings is 2. The van der Waals surface area contributed by atoms with Crippen LogP contribution in [0.25, 0.3) is 6.08 Å². The SMILES string of the molecule is O=C/C(=C\c1ccc(O)c(O)c1)O[C@H](Cc1ccc(O)c(O)c1)C(=O)O. The number of carbonyl (C=O) groups excluding carboxylic acids is 1. The van der Waals surface area contributed by atoms with Crippen molar-refractivity contribution in [2.75, 3.05) is 0 Å². The monoisotopic (exact) mass is 360 g/mol. The number of aromatic hydroxyl groups is 4. The molecule has 0 aromatic heterocycles. The van der Waals surface area contributed by atoms with Crippen molar-refractivity contribution in [2.45, 2.75) is 12.5 Å². The molecule has 0 amide bonds. The van der Waals surface area contributed by atoms with Crippen LogP contribution in [-0.4, -0.2) is 43.9 Å². The van der Waals surface area contributed by atoms with E-state index < -0.39 is 23.6 Å². The highest BCUT2D eigenvalue weighted by atomic mass is 16.5. The average molecular weight is 360 g/mol. The Morgan fingerprint density at radius 2 is 1.58 bits per heavy atom. The third-order valence-electron chi connectivity index (χ3n) is 3.44. The molecule has 8 nitrogen and oxygen atoms in total. The number of allylic oxidation sites excluding steroid dienone is 1. The Labute approximate surface area is 147 Å². The first kappa shape index (κ1) is 18.7. The predicted octanol–water partition coefficient (Wildman–Crippen LogP) is 1.76. The lowest BCUT2D eigenvalue weighted by atomic mass is 10.1. The fourth-order valence-corrected chi connectivity index (χ4v) is 2.14. The van der Waals surface area contributed by atoms with E-state index in [2.05, 4.69) is 0 Å². The number of hydrogen-bond acceptors (Lipinski definition) is 7. The summed E-state index contributed by atoms with van der Waals surface area (Å²) in [6.07, 6.45) is -0.0826. The number of carboxylic acids is 1. The van der Waals surface area contributed by atoms with Crippen LogP contribution in [0.2, 0.25) is 0 Å². The van der Waals surface area contributed by atoms with Gasteiger partial charge in [0.2, 0.25) is 0 Å². The number of phenols is 4. The molecule has 0 saturated heterocycles. The second kappa shape index (κ2) is 7.93. The van der Waals surface area contributed by atoms with E-state index >= 15 is 0 Å². The van der Waals surface area contributed by atoms with E-state index in [0.717, 1.165) is 0 Å². The van der Waals surface area contributed by atoms with Gasteiger partial charge in [0, 0.05) is 6.42 Å². The van der Waals surface area contributed by atoms with Gasteiger partial charge in [-0.05, 0) is 41.5 Å². The second-order valence-corrected chi connectivity index (χ2v) is 5.38. The Bertz CT molecular complexity index is 856. The largest absolute Gasteiger partial charge is 0.504 e. The van der Waals surface area contributed by atoms with Gasteiger partial charge in [-0.15, -0.1) is 0 Å². The molecule has 0 radical (unpaired) electrons. The van der Waals surface area contributed by atoms with Crippen molar-refractivity contribution in [3.05, 3.63) is 53.3 Å². The minimum Gasteiger partial charge on any atom is -0.504 e. The Kier molecular flexibility index (Phi) is 5.69. The van der Waals surface area contributed by atoms with Crippen LogP contribution < -0.4 is 0 Å². The molecule has 0 heterocycles. The summed E-state index contributed by atoms with van der Waals surface area (Å²) in [6, 6.07) is 7.59. The minimum atomic E-state index is -1.43. The molecule has 0 aliphatic carbocycles. The maximum atomic E-state index is 11.4. The lowest BCUT2D eigenvalue weighted by molar-refractivity contribution is -0.147. The van der Waals surface area contributed by atoms with Gasteiger partial charge in [-0.2, -0.15) is 0 Å². The van der Waals surface area contributed by atoms with Gasteiger partial charge >= 0.3 is 5.97 Å². The van der Waals surface area contributed by atoms with Crippen LogP contribution >= 0.6 is 0 Å². The van der Waals surface area contributed by atoms with Crippen LogP contribution in [-0.2, 0) is 20.7 Å². The summed E-state index contributed by atoms with van der Waals surface area (Å²) in [5, 5.41) is 46.8. The molecule has 2 aromatic rings. The molecule has 0 spiro atoms. The number of ether oxygens (including phenoxy) is 1. The maximum Gasteiger partial charge on any atom is 0.345 e. The maximum absolute atomic E-state index is 11.4. The standard InChI is InChI=1S/C18H16O8/c19-9-12(5-10-1-3-13(20)15(22)6-10)26-17(18(24)25)8-11-2-4-14(21)16(23)7-11/h1-7,9,17,20-23H,8H2,(H,24,25)/b12-5+/t17-/m1/s1. The van der Waals surface area contributed by atoms with Crippen LogP contribution in [0.4, 0.5) is 0 Å². The van der Waals surface area contributed by atoms with Gasteiger partial charge in [-0.25, -0.2) is 4.79 Å². The third kappa shape index (κ3) is 4.67. The van der Waals surface area contributed by atoms with Crippen LogP contribution in [0, 0.1) is 0 Å². The van der Waals surface area contributed by atoms with E-state index in [9.17, 15) is 35.1 Å². The first-order valence-electron chi connectivity index (χ1n) is 7.39. The minimum absolute atomic E-state index is 0.171. The zero-order valence-electron chi connectivity index (χ0n) is 13.4. The number of carboxylic acid groups (broad SMARTS) is 1. The van der Waals surface area contributed by atoms with E-state index in [-0.39, 0.29) is 23.7 Å². The molecule has 136 valence electrons. The zero-order valence-corrected chi connectivity index (χ0v) is 13.4. The van der Waals surface area contributed by atoms with Gasteiger partial charge in [0.15, 0.2) is 41.1 Å². The number of phenolic OH excluding ortho intramolecular Hbond substituents is 4. The van der Waals surface area contributed by atoms with Gasteiger partial charge in [0.25, 0.3) is 0 Å². The summed E-state index contributed by atoms with van der Waals surface area (Å²) in [6.45, 7) is 0. The molecule has 26 heavy (non-hydrogen) atoms. The van der Waals surface area contributed by atoms with Gasteiger partial charge in [-0.1, -0.05) is 12.1 Å². The first-order valence-corrected chi connectivity index (χ1v) is 7.39. The fraction of sp³-hybridized carbons (Fsp3) is 0.111. The van der Waals surface area contributed by atoms with E-state index in [1.54, 1.807) is 0 Å². The van der Waals surface area contributed by atoms with Gasteiger partial charge < -0.3 is 30.3 Å². The van der Waals surface area contributed by atoms with E-state index in [1.165, 1.54) is 42.5 Å². The Hall–Kier alpha value is -3.68. The van der Waals surface area contributed by atoms with Crippen molar-refractivity contribution in [1.29, 1.82) is 0 Å². The normalized spacial score (nSPS) is 12.4. The zero-order chi connectivity index (χ0) is 19.3. The second-order valence-electron chi connectivity index (χ2n) is 5.38. The fourth-order valence-electron chi connectivity index (χ4n) is 2.14. The van der Waals surface area contributed by atoms with Crippen molar-refractivity contribution in [1.82, 2.24) is 0 Å². The van der Waals surface area contributed by atoms with Crippen LogP contribution in [0.3, 0.4) is 0 Å². The molecular weight excluding hydrogens is 344 g/mol. The first-order chi connectivity index (χ1) is 12.3. The molecule has 0 unspecified atom stereocenters. The van der Waals surface area contributed by atoms with E-state index in [1.807, 2.05) is 0 Å². The smallest absolute Gasteiger partial charge is 0.345 e. The highest BCUT2D eigenvalue weighted by Gasteiger charge is 2.21. The Morgan fingerprint density at radius 3 is 2.12 bits per heavy atom. The number of aldehydes is 1. The molecule has 2 aromatic carbocycles. The molecule has 0 saturated carbocycles. The van der Waals surface area contributed by atoms with E-state index in [4.69, 9.17) is 4.74 Å². The molecule has 2 rings (SSSR count). The molecule has 8 heteroatoms.